The molecule has 0 radical (unpaired) electrons. The quantitative estimate of drug-likeness (QED) is 0.302. The lowest BCUT2D eigenvalue weighted by Gasteiger charge is -2.27. The lowest BCUT2D eigenvalue weighted by molar-refractivity contribution is -0.140. The molecule has 0 spiro atoms. The predicted octanol–water partition coefficient (Wildman–Crippen LogP) is 3.03. The van der Waals surface area contributed by atoms with Crippen molar-refractivity contribution in [2.45, 2.75) is 19.4 Å². The molecule has 0 saturated carbocycles. The minimum atomic E-state index is -0.851. The molecule has 3 aromatic rings. The number of hydrogen-bond acceptors (Lipinski definition) is 7. The van der Waals surface area contributed by atoms with Crippen LogP contribution < -0.4 is 9.47 Å². The van der Waals surface area contributed by atoms with E-state index in [1.54, 1.807) is 42.8 Å². The Hall–Kier alpha value is -3.85. The van der Waals surface area contributed by atoms with Crippen molar-refractivity contribution in [1.29, 1.82) is 0 Å². The number of aliphatic hydroxyl groups is 1. The third kappa shape index (κ3) is 4.35. The van der Waals surface area contributed by atoms with E-state index in [9.17, 15) is 14.7 Å². The summed E-state index contributed by atoms with van der Waals surface area (Å²) in [6.07, 6.45) is 2.41. The number of fused-ring (bicyclic) bond motifs is 1. The van der Waals surface area contributed by atoms with Gasteiger partial charge >= 0.3 is 0 Å². The molecule has 3 heterocycles. The third-order valence-electron chi connectivity index (χ3n) is 6.20. The summed E-state index contributed by atoms with van der Waals surface area (Å²) in [5.74, 6) is -0.648. The summed E-state index contributed by atoms with van der Waals surface area (Å²) in [7, 11) is 6.97. The van der Waals surface area contributed by atoms with Crippen LogP contribution in [0, 0.1) is 6.92 Å². The zero-order valence-corrected chi connectivity index (χ0v) is 20.6. The van der Waals surface area contributed by atoms with Gasteiger partial charge < -0.3 is 24.4 Å². The van der Waals surface area contributed by atoms with Crippen LogP contribution in [0.25, 0.3) is 11.4 Å². The highest BCUT2D eigenvalue weighted by Crippen LogP contribution is 2.44. The van der Waals surface area contributed by atoms with Crippen LogP contribution in [-0.2, 0) is 9.59 Å². The topological polar surface area (TPSA) is 96.6 Å². The Morgan fingerprint density at radius 2 is 1.91 bits per heavy atom. The lowest BCUT2D eigenvalue weighted by Crippen LogP contribution is -2.32. The number of nitrogens with zero attached hydrogens (tertiary/aromatic N) is 4. The van der Waals surface area contributed by atoms with Crippen molar-refractivity contribution in [3.8, 4) is 11.5 Å². The summed E-state index contributed by atoms with van der Waals surface area (Å²) in [5.41, 5.74) is 2.11. The first-order valence-corrected chi connectivity index (χ1v) is 11.4. The van der Waals surface area contributed by atoms with E-state index in [2.05, 4.69) is 4.98 Å². The number of pyridine rings is 1. The number of rotatable bonds is 8. The number of Topliss-reactive ketones (excluding diaryl/α,β-unsaturated/α-hetero) is 1. The molecular weight excluding hydrogens is 448 g/mol. The summed E-state index contributed by atoms with van der Waals surface area (Å²) in [5, 5.41) is 11.6. The molecule has 1 atom stereocenters. The van der Waals surface area contributed by atoms with Gasteiger partial charge in [-0.05, 0) is 64.3 Å². The highest BCUT2D eigenvalue weighted by atomic mass is 16.5. The molecule has 1 amide bonds. The van der Waals surface area contributed by atoms with Crippen LogP contribution in [0.3, 0.4) is 0 Å². The molecule has 0 bridgehead atoms. The number of ketones is 1. The van der Waals surface area contributed by atoms with Gasteiger partial charge in [0.05, 0.1) is 31.5 Å². The smallest absolute Gasteiger partial charge is 0.295 e. The molecule has 1 aliphatic rings. The van der Waals surface area contributed by atoms with Gasteiger partial charge in [-0.1, -0.05) is 6.07 Å². The van der Waals surface area contributed by atoms with E-state index >= 15 is 0 Å². The number of carbonyl (C=O) groups excluding carboxylic acids is 2. The Labute approximate surface area is 204 Å². The van der Waals surface area contributed by atoms with Crippen molar-refractivity contribution >= 4 is 23.1 Å². The molecule has 2 aromatic heterocycles. The molecule has 0 aliphatic carbocycles. The molecule has 1 N–H and O–H groups in total. The van der Waals surface area contributed by atoms with Crippen LogP contribution in [0.15, 0.2) is 48.2 Å². The fourth-order valence-corrected chi connectivity index (χ4v) is 4.57. The van der Waals surface area contributed by atoms with Crippen LogP contribution in [0.1, 0.15) is 29.4 Å². The largest absolute Gasteiger partial charge is 0.505 e. The molecule has 4 rings (SSSR count). The standard InChI is InChI=1S/C26H30N4O5/c1-16-22(29-13-7-6-9-20(29)27-16)24(31)21-23(18-15-17(34-4)10-11-19(18)35-5)30(26(33)25(21)32)14-8-12-28(2)3/h6-7,9-11,13,15,23,31H,8,12,14H2,1-5H3/b24-21+/t23-/m1/s1. The first-order chi connectivity index (χ1) is 16.8. The van der Waals surface area contributed by atoms with Gasteiger partial charge in [-0.25, -0.2) is 4.98 Å². The van der Waals surface area contributed by atoms with Crippen LogP contribution in [0.2, 0.25) is 0 Å². The maximum Gasteiger partial charge on any atom is 0.295 e. The van der Waals surface area contributed by atoms with Crippen molar-refractivity contribution in [2.24, 2.45) is 0 Å². The SMILES string of the molecule is COc1ccc(OC)c([C@@H]2/C(=C(\O)c3c(C)nc4ccccn34)C(=O)C(=O)N2CCCN(C)C)c1. The van der Waals surface area contributed by atoms with E-state index in [1.165, 1.54) is 12.0 Å². The molecular formula is C26H30N4O5. The molecule has 184 valence electrons. The number of likely N-dealkylation sites (tertiary alicyclic amines) is 1. The van der Waals surface area contributed by atoms with E-state index in [1.807, 2.05) is 37.2 Å². The first kappa shape index (κ1) is 24.3. The highest BCUT2D eigenvalue weighted by Gasteiger charge is 2.47. The molecule has 1 fully saturated rings. The molecule has 1 aliphatic heterocycles. The van der Waals surface area contributed by atoms with Gasteiger partial charge in [-0.15, -0.1) is 0 Å². The second-order valence-corrected chi connectivity index (χ2v) is 8.73. The molecule has 9 nitrogen and oxygen atoms in total. The fourth-order valence-electron chi connectivity index (χ4n) is 4.57. The van der Waals surface area contributed by atoms with Gasteiger partial charge in [-0.3, -0.25) is 14.0 Å². The Morgan fingerprint density at radius 3 is 2.60 bits per heavy atom. The lowest BCUT2D eigenvalue weighted by atomic mass is 9.95. The molecule has 35 heavy (non-hydrogen) atoms. The summed E-state index contributed by atoms with van der Waals surface area (Å²) in [4.78, 5) is 34.7. The summed E-state index contributed by atoms with van der Waals surface area (Å²) < 4.78 is 12.7. The summed E-state index contributed by atoms with van der Waals surface area (Å²) >= 11 is 0. The van der Waals surface area contributed by atoms with Gasteiger partial charge in [-0.2, -0.15) is 0 Å². The minimum Gasteiger partial charge on any atom is -0.505 e. The summed E-state index contributed by atoms with van der Waals surface area (Å²) in [6, 6.07) is 9.83. The number of benzene rings is 1. The van der Waals surface area contributed by atoms with Crippen molar-refractivity contribution < 1.29 is 24.2 Å². The number of aromatic nitrogens is 2. The second kappa shape index (κ2) is 9.79. The summed E-state index contributed by atoms with van der Waals surface area (Å²) in [6.45, 7) is 2.82. The molecule has 9 heteroatoms. The Morgan fingerprint density at radius 1 is 1.14 bits per heavy atom. The number of aryl methyl sites for hydroxylation is 1. The van der Waals surface area contributed by atoms with Gasteiger partial charge in [0.15, 0.2) is 5.76 Å². The van der Waals surface area contributed by atoms with Crippen LogP contribution in [0.4, 0.5) is 0 Å². The maximum absolute atomic E-state index is 13.4. The van der Waals surface area contributed by atoms with Gasteiger partial charge in [0.25, 0.3) is 11.7 Å². The van der Waals surface area contributed by atoms with Gasteiger partial charge in [0.1, 0.15) is 22.8 Å². The van der Waals surface area contributed by atoms with E-state index < -0.39 is 17.7 Å². The molecule has 1 aromatic carbocycles. The fraction of sp³-hybridized carbons (Fsp3) is 0.346. The predicted molar refractivity (Wildman–Crippen MR) is 132 cm³/mol. The van der Waals surface area contributed by atoms with E-state index in [4.69, 9.17) is 9.47 Å². The molecule has 1 saturated heterocycles. The number of hydrogen-bond donors (Lipinski definition) is 1. The monoisotopic (exact) mass is 478 g/mol. The van der Waals surface area contributed by atoms with Crippen LogP contribution >= 0.6 is 0 Å². The average molecular weight is 479 g/mol. The normalized spacial score (nSPS) is 17.5. The van der Waals surface area contributed by atoms with Crippen LogP contribution in [0.5, 0.6) is 11.5 Å². The van der Waals surface area contributed by atoms with E-state index in [0.717, 1.165) is 6.54 Å². The van der Waals surface area contributed by atoms with Crippen LogP contribution in [-0.4, -0.2) is 77.4 Å². The molecule has 0 unspecified atom stereocenters. The first-order valence-electron chi connectivity index (χ1n) is 11.4. The van der Waals surface area contributed by atoms with Crippen molar-refractivity contribution in [2.75, 3.05) is 41.4 Å². The van der Waals surface area contributed by atoms with Gasteiger partial charge in [0, 0.05) is 18.3 Å². The van der Waals surface area contributed by atoms with E-state index in [-0.39, 0.29) is 11.3 Å². The van der Waals surface area contributed by atoms with Gasteiger partial charge in [0.2, 0.25) is 0 Å². The Kier molecular flexibility index (Phi) is 6.79. The number of imidazole rings is 1. The van der Waals surface area contributed by atoms with Crippen molar-refractivity contribution in [3.05, 3.63) is 65.1 Å². The zero-order chi connectivity index (χ0) is 25.3. The number of aliphatic hydroxyl groups excluding tert-OH is 1. The van der Waals surface area contributed by atoms with Crippen molar-refractivity contribution in [1.82, 2.24) is 19.2 Å². The number of amides is 1. The number of ether oxygens (including phenoxy) is 2. The maximum atomic E-state index is 13.4. The third-order valence-corrected chi connectivity index (χ3v) is 6.20. The Bertz CT molecular complexity index is 1310. The minimum absolute atomic E-state index is 0.000147. The average Bonchev–Trinajstić information content (AvgIpc) is 3.31. The number of methoxy groups -OCH3 is 2. The van der Waals surface area contributed by atoms with Crippen molar-refractivity contribution in [3.63, 3.8) is 0 Å². The highest BCUT2D eigenvalue weighted by molar-refractivity contribution is 6.46. The Balaban J connectivity index is 1.95. The van der Waals surface area contributed by atoms with E-state index in [0.29, 0.717) is 47.1 Å². The second-order valence-electron chi connectivity index (χ2n) is 8.73. The zero-order valence-electron chi connectivity index (χ0n) is 20.6. The number of carbonyl (C=O) groups is 2.